The number of nitrogens with one attached hydrogen (secondary N) is 6. The van der Waals surface area contributed by atoms with Crippen LogP contribution in [0.25, 0.3) is 0 Å². The molecule has 6 aliphatic rings. The maximum atomic E-state index is 10.4. The Kier molecular flexibility index (Phi) is 18.5. The molecule has 5 aliphatic carbocycles. The molecule has 10 heteroatoms. The van der Waals surface area contributed by atoms with Gasteiger partial charge in [0.2, 0.25) is 0 Å². The molecule has 0 aromatic rings. The van der Waals surface area contributed by atoms with Crippen LogP contribution in [0.1, 0.15) is 130 Å². The standard InChI is InChI=1S/C41H78N6O.2ClH.Mn/c1-30(35-14-15-36-34-13-12-31-28-33(48)16-18-40(31,2)37(34)17-19-41(35,36)3)8-6-20-42-21-7-9-32-29-47-39-11-5-4-10-38(39)46-27-25-44-23-22-43-24-26-45-32;;;/h30-39,42-48H,4-29H2,1-3H3;2*1H;/q;;;+2/p-2/t30-,31-,32-,33-,34+,35-,36+,37+,38-,39-,40+,41-;;;/m1.../s1. The molecule has 0 bridgehead atoms. The van der Waals surface area contributed by atoms with Gasteiger partial charge in [-0.05, 0) is 156 Å². The molecule has 0 radical (unpaired) electrons. The van der Waals surface area contributed by atoms with E-state index in [1.165, 1.54) is 103 Å². The van der Waals surface area contributed by atoms with Gasteiger partial charge in [0.1, 0.15) is 0 Å². The molecule has 0 aromatic carbocycles. The van der Waals surface area contributed by atoms with Crippen molar-refractivity contribution in [2.75, 3.05) is 58.9 Å². The summed E-state index contributed by atoms with van der Waals surface area (Å²) >= 11 is 0.00694. The summed E-state index contributed by atoms with van der Waals surface area (Å²) in [6.07, 6.45) is 22.7. The summed E-state index contributed by atoms with van der Waals surface area (Å²) < 4.78 is 0. The first-order valence-electron chi connectivity index (χ1n) is 21.7. The first-order chi connectivity index (χ1) is 24.8. The molecule has 0 amide bonds. The minimum absolute atomic E-state index is 0.00694. The quantitative estimate of drug-likeness (QED) is 0.102. The number of hydrogen-bond acceptors (Lipinski definition) is 7. The van der Waals surface area contributed by atoms with Crippen LogP contribution in [0, 0.1) is 46.3 Å². The van der Waals surface area contributed by atoms with E-state index in [1.807, 2.05) is 0 Å². The number of rotatable bonds is 9. The Hall–Kier alpha value is 0.819. The molecule has 51 heavy (non-hydrogen) atoms. The van der Waals surface area contributed by atoms with Crippen molar-refractivity contribution >= 4 is 20.2 Å². The number of aliphatic hydroxyl groups is 1. The predicted molar refractivity (Wildman–Crippen MR) is 213 cm³/mol. The number of fused-ring (bicyclic) bond motifs is 6. The van der Waals surface area contributed by atoms with E-state index in [4.69, 9.17) is 20.2 Å². The van der Waals surface area contributed by atoms with Gasteiger partial charge in [-0.15, -0.1) is 0 Å². The summed E-state index contributed by atoms with van der Waals surface area (Å²) in [7, 11) is 9.59. The summed E-state index contributed by atoms with van der Waals surface area (Å²) in [6.45, 7) is 17.7. The van der Waals surface area contributed by atoms with Crippen LogP contribution in [0.5, 0.6) is 0 Å². The Labute approximate surface area is 328 Å². The monoisotopic (exact) mass is 795 g/mol. The van der Waals surface area contributed by atoms with Crippen LogP contribution < -0.4 is 31.9 Å². The first-order valence-corrected chi connectivity index (χ1v) is 24.9. The third-order valence-electron chi connectivity index (χ3n) is 15.6. The molecule has 6 rings (SSSR count). The van der Waals surface area contributed by atoms with Gasteiger partial charge in [-0.2, -0.15) is 0 Å². The van der Waals surface area contributed by atoms with Crippen molar-refractivity contribution in [2.45, 2.75) is 154 Å². The Morgan fingerprint density at radius 1 is 0.745 bits per heavy atom. The van der Waals surface area contributed by atoms with Crippen LogP contribution in [-0.4, -0.2) is 88.2 Å². The summed E-state index contributed by atoms with van der Waals surface area (Å²) in [5.41, 5.74) is 1.07. The molecular weight excluding hydrogens is 718 g/mol. The van der Waals surface area contributed by atoms with Gasteiger partial charge < -0.3 is 37.0 Å². The van der Waals surface area contributed by atoms with E-state index in [2.05, 4.69) is 52.7 Å². The average Bonchev–Trinajstić information content (AvgIpc) is 3.48. The van der Waals surface area contributed by atoms with Gasteiger partial charge in [0.15, 0.2) is 0 Å². The van der Waals surface area contributed by atoms with Crippen LogP contribution >= 0.6 is 20.2 Å². The van der Waals surface area contributed by atoms with E-state index in [-0.39, 0.29) is 19.2 Å². The van der Waals surface area contributed by atoms with Gasteiger partial charge >= 0.3 is 33.3 Å². The minimum atomic E-state index is -0.0266. The van der Waals surface area contributed by atoms with Crippen LogP contribution in [0.4, 0.5) is 0 Å². The zero-order valence-corrected chi connectivity index (χ0v) is 35.4. The Balaban J connectivity index is 0.00000162. The zero-order chi connectivity index (χ0) is 36.1. The molecule has 0 aromatic heterocycles. The van der Waals surface area contributed by atoms with Crippen molar-refractivity contribution in [2.24, 2.45) is 46.3 Å². The molecule has 0 unspecified atom stereocenters. The van der Waals surface area contributed by atoms with Crippen molar-refractivity contribution in [3.8, 4) is 0 Å². The molecule has 0 spiro atoms. The number of halogens is 2. The molecule has 6 fully saturated rings. The van der Waals surface area contributed by atoms with Gasteiger partial charge in [-0.1, -0.05) is 33.6 Å². The van der Waals surface area contributed by atoms with Gasteiger partial charge in [-0.25, -0.2) is 0 Å². The van der Waals surface area contributed by atoms with Crippen LogP contribution in [0.15, 0.2) is 0 Å². The molecule has 1 saturated heterocycles. The van der Waals surface area contributed by atoms with Crippen molar-refractivity contribution in [1.29, 1.82) is 0 Å². The number of hydrogen-bond donors (Lipinski definition) is 7. The molecule has 12 atom stereocenters. The summed E-state index contributed by atoms with van der Waals surface area (Å²) in [4.78, 5) is 0. The van der Waals surface area contributed by atoms with E-state index in [1.54, 1.807) is 0 Å². The first kappa shape index (κ1) is 43.0. The SMILES string of the molecule is C[C@H](CCCNCCC[C@@H]1CN[C@@H]2CCCC[C@H]2NCCNCCNCCN1)[C@H]1CC[C@H]2[C@@H]3CC[C@@H]4C[C@H](O)CC[C@]4(C)[C@H]3CC[C@]12C.[Cl][Mn][Cl]. The molecule has 7 nitrogen and oxygen atoms in total. The van der Waals surface area contributed by atoms with Gasteiger partial charge in [0.05, 0.1) is 6.10 Å². The molecule has 7 N–H and O–H groups in total. The third-order valence-corrected chi connectivity index (χ3v) is 15.6. The van der Waals surface area contributed by atoms with Crippen molar-refractivity contribution in [1.82, 2.24) is 31.9 Å². The summed E-state index contributed by atoms with van der Waals surface area (Å²) in [5, 5.41) is 33.2. The van der Waals surface area contributed by atoms with Crippen molar-refractivity contribution < 1.29 is 18.2 Å². The Bertz CT molecular complexity index is 986. The average molecular weight is 797 g/mol. The van der Waals surface area contributed by atoms with E-state index >= 15 is 0 Å². The van der Waals surface area contributed by atoms with Crippen LogP contribution in [0.3, 0.4) is 0 Å². The van der Waals surface area contributed by atoms with E-state index in [0.717, 1.165) is 101 Å². The topological polar surface area (TPSA) is 92.4 Å². The maximum absolute atomic E-state index is 10.4. The molecule has 5 saturated carbocycles. The normalized spacial score (nSPS) is 41.6. The van der Waals surface area contributed by atoms with Gasteiger partial charge in [0.25, 0.3) is 0 Å². The van der Waals surface area contributed by atoms with Gasteiger partial charge in [-0.3, -0.25) is 0 Å². The molecule has 1 heterocycles. The van der Waals surface area contributed by atoms with E-state index in [9.17, 15) is 5.11 Å². The Morgan fingerprint density at radius 2 is 1.39 bits per heavy atom. The molecular formula is C41H78Cl2MnN6O. The summed E-state index contributed by atoms with van der Waals surface area (Å²) in [6, 6.07) is 1.79. The van der Waals surface area contributed by atoms with Crippen molar-refractivity contribution in [3.05, 3.63) is 0 Å². The zero-order valence-electron chi connectivity index (χ0n) is 32.7. The molecule has 299 valence electrons. The van der Waals surface area contributed by atoms with Crippen molar-refractivity contribution in [3.63, 3.8) is 0 Å². The fourth-order valence-electron chi connectivity index (χ4n) is 12.9. The fourth-order valence-corrected chi connectivity index (χ4v) is 12.9. The second-order valence-corrected chi connectivity index (χ2v) is 20.3. The second kappa shape index (κ2) is 21.9. The van der Waals surface area contributed by atoms with E-state index < -0.39 is 0 Å². The van der Waals surface area contributed by atoms with Crippen LogP contribution in [0.2, 0.25) is 0 Å². The predicted octanol–water partition coefficient (Wildman–Crippen LogP) is 6.81. The second-order valence-electron chi connectivity index (χ2n) is 18.4. The molecule has 1 aliphatic heterocycles. The Morgan fingerprint density at radius 3 is 2.16 bits per heavy atom. The number of aliphatic hydroxyl groups excluding tert-OH is 1. The third kappa shape index (κ3) is 11.7. The van der Waals surface area contributed by atoms with Crippen LogP contribution in [-0.2, 0) is 13.1 Å². The van der Waals surface area contributed by atoms with E-state index in [0.29, 0.717) is 29.0 Å². The summed E-state index contributed by atoms with van der Waals surface area (Å²) in [5.74, 6) is 5.38. The van der Waals surface area contributed by atoms with Gasteiger partial charge in [0, 0.05) is 63.9 Å². The fraction of sp³-hybridized carbons (Fsp3) is 1.00.